The van der Waals surface area contributed by atoms with E-state index >= 15 is 0 Å². The standard InChI is InChI=1S/C16H15N3O6S2/c1-11-5-6-14(19(22)23)10-15(11)27(24,25)17-7-8-26-16(17)12-3-2-4-13(9-12)18(20)21/h2-6,9-10,16H,7-8H2,1H3. The van der Waals surface area contributed by atoms with Gasteiger partial charge in [0.15, 0.2) is 0 Å². The number of hydrogen-bond acceptors (Lipinski definition) is 7. The first-order chi connectivity index (χ1) is 12.7. The Balaban J connectivity index is 2.04. The van der Waals surface area contributed by atoms with E-state index in [0.29, 0.717) is 16.9 Å². The van der Waals surface area contributed by atoms with Crippen molar-refractivity contribution in [3.8, 4) is 0 Å². The topological polar surface area (TPSA) is 124 Å². The van der Waals surface area contributed by atoms with E-state index in [4.69, 9.17) is 0 Å². The van der Waals surface area contributed by atoms with E-state index in [0.717, 1.165) is 6.07 Å². The third-order valence-corrected chi connectivity index (χ3v) is 7.58. The first-order valence-electron chi connectivity index (χ1n) is 7.84. The summed E-state index contributed by atoms with van der Waals surface area (Å²) in [5.41, 5.74) is 0.468. The summed E-state index contributed by atoms with van der Waals surface area (Å²) < 4.78 is 27.6. The van der Waals surface area contributed by atoms with Crippen LogP contribution in [0.3, 0.4) is 0 Å². The van der Waals surface area contributed by atoms with Gasteiger partial charge in [0.2, 0.25) is 10.0 Å². The molecule has 1 heterocycles. The molecular weight excluding hydrogens is 394 g/mol. The molecule has 0 aliphatic carbocycles. The van der Waals surface area contributed by atoms with Crippen LogP contribution in [0, 0.1) is 27.2 Å². The monoisotopic (exact) mass is 409 g/mol. The van der Waals surface area contributed by atoms with Gasteiger partial charge in [0.25, 0.3) is 11.4 Å². The molecule has 27 heavy (non-hydrogen) atoms. The van der Waals surface area contributed by atoms with Crippen LogP contribution < -0.4 is 0 Å². The fraction of sp³-hybridized carbons (Fsp3) is 0.250. The molecule has 9 nitrogen and oxygen atoms in total. The highest BCUT2D eigenvalue weighted by Crippen LogP contribution is 2.42. The molecule has 0 N–H and O–H groups in total. The van der Waals surface area contributed by atoms with Crippen LogP contribution in [0.25, 0.3) is 0 Å². The molecule has 0 spiro atoms. The highest BCUT2D eigenvalue weighted by atomic mass is 32.2. The summed E-state index contributed by atoms with van der Waals surface area (Å²) in [7, 11) is -4.02. The van der Waals surface area contributed by atoms with Crippen molar-refractivity contribution >= 4 is 33.2 Å². The second-order valence-corrected chi connectivity index (χ2v) is 8.94. The molecule has 1 aliphatic heterocycles. The first-order valence-corrected chi connectivity index (χ1v) is 10.3. The number of nitrogens with zero attached hydrogens (tertiary/aromatic N) is 3. The fourth-order valence-corrected chi connectivity index (χ4v) is 6.34. The van der Waals surface area contributed by atoms with Crippen molar-refractivity contribution in [3.63, 3.8) is 0 Å². The Morgan fingerprint density at radius 2 is 1.74 bits per heavy atom. The quantitative estimate of drug-likeness (QED) is 0.548. The molecule has 1 unspecified atom stereocenters. The minimum Gasteiger partial charge on any atom is -0.258 e. The maximum atomic E-state index is 13.2. The van der Waals surface area contributed by atoms with E-state index in [1.54, 1.807) is 13.0 Å². The predicted molar refractivity (Wildman–Crippen MR) is 100 cm³/mol. The Morgan fingerprint density at radius 1 is 1.07 bits per heavy atom. The van der Waals surface area contributed by atoms with Gasteiger partial charge in [-0.2, -0.15) is 4.31 Å². The van der Waals surface area contributed by atoms with Gasteiger partial charge in [-0.3, -0.25) is 20.2 Å². The van der Waals surface area contributed by atoms with Crippen molar-refractivity contribution in [3.05, 3.63) is 73.8 Å². The molecule has 0 saturated carbocycles. The Labute approximate surface area is 159 Å². The zero-order chi connectivity index (χ0) is 19.8. The lowest BCUT2D eigenvalue weighted by Gasteiger charge is -2.24. The Hall–Kier alpha value is -2.50. The van der Waals surface area contributed by atoms with E-state index in [9.17, 15) is 28.6 Å². The van der Waals surface area contributed by atoms with Crippen LogP contribution in [-0.4, -0.2) is 34.9 Å². The number of aryl methyl sites for hydroxylation is 1. The third-order valence-electron chi connectivity index (χ3n) is 4.18. The normalized spacial score (nSPS) is 17.7. The second kappa shape index (κ2) is 7.25. The van der Waals surface area contributed by atoms with Gasteiger partial charge in [-0.05, 0) is 18.1 Å². The van der Waals surface area contributed by atoms with Crippen LogP contribution >= 0.6 is 11.8 Å². The minimum absolute atomic E-state index is 0.121. The van der Waals surface area contributed by atoms with Gasteiger partial charge < -0.3 is 0 Å². The molecule has 2 aromatic rings. The summed E-state index contributed by atoms with van der Waals surface area (Å²) >= 11 is 1.35. The average molecular weight is 409 g/mol. The van der Waals surface area contributed by atoms with Crippen molar-refractivity contribution in [1.29, 1.82) is 0 Å². The molecule has 0 amide bonds. The molecule has 11 heteroatoms. The molecule has 0 bridgehead atoms. The molecule has 1 aliphatic rings. The summed E-state index contributed by atoms with van der Waals surface area (Å²) in [5.74, 6) is 0.514. The number of non-ortho nitro benzene ring substituents is 2. The van der Waals surface area contributed by atoms with Crippen LogP contribution in [-0.2, 0) is 10.0 Å². The summed E-state index contributed by atoms with van der Waals surface area (Å²) in [6.45, 7) is 1.78. The van der Waals surface area contributed by atoms with E-state index in [2.05, 4.69) is 0 Å². The maximum absolute atomic E-state index is 13.2. The van der Waals surface area contributed by atoms with Gasteiger partial charge in [0, 0.05) is 36.6 Å². The van der Waals surface area contributed by atoms with Crippen molar-refractivity contribution in [1.82, 2.24) is 4.31 Å². The number of nitro groups is 2. The lowest BCUT2D eigenvalue weighted by Crippen LogP contribution is -2.31. The molecule has 1 atom stereocenters. The van der Waals surface area contributed by atoms with Crippen molar-refractivity contribution in [2.45, 2.75) is 17.2 Å². The molecule has 142 valence electrons. The van der Waals surface area contributed by atoms with Gasteiger partial charge in [-0.25, -0.2) is 8.42 Å². The van der Waals surface area contributed by atoms with Crippen molar-refractivity contribution in [2.75, 3.05) is 12.3 Å². The molecule has 3 rings (SSSR count). The maximum Gasteiger partial charge on any atom is 0.270 e. The number of sulfonamides is 1. The zero-order valence-corrected chi connectivity index (χ0v) is 15.8. The van der Waals surface area contributed by atoms with Gasteiger partial charge in [-0.1, -0.05) is 18.2 Å². The Morgan fingerprint density at radius 3 is 2.41 bits per heavy atom. The minimum atomic E-state index is -4.02. The highest BCUT2D eigenvalue weighted by Gasteiger charge is 2.38. The molecule has 1 fully saturated rings. The van der Waals surface area contributed by atoms with Gasteiger partial charge >= 0.3 is 0 Å². The summed E-state index contributed by atoms with van der Waals surface area (Å²) in [5, 5.41) is 21.4. The van der Waals surface area contributed by atoms with Crippen LogP contribution in [0.4, 0.5) is 11.4 Å². The molecular formula is C16H15N3O6S2. The lowest BCUT2D eigenvalue weighted by molar-refractivity contribution is -0.385. The van der Waals surface area contributed by atoms with E-state index < -0.39 is 25.2 Å². The van der Waals surface area contributed by atoms with Crippen LogP contribution in [0.5, 0.6) is 0 Å². The second-order valence-electron chi connectivity index (χ2n) is 5.90. The van der Waals surface area contributed by atoms with Crippen molar-refractivity contribution in [2.24, 2.45) is 0 Å². The van der Waals surface area contributed by atoms with Gasteiger partial charge in [0.05, 0.1) is 20.1 Å². The predicted octanol–water partition coefficient (Wildman–Crippen LogP) is 3.25. The lowest BCUT2D eigenvalue weighted by atomic mass is 10.2. The van der Waals surface area contributed by atoms with E-state index in [-0.39, 0.29) is 22.8 Å². The molecule has 0 aromatic heterocycles. The third kappa shape index (κ3) is 3.66. The van der Waals surface area contributed by atoms with Crippen LogP contribution in [0.1, 0.15) is 16.5 Å². The van der Waals surface area contributed by atoms with E-state index in [1.807, 2.05) is 0 Å². The number of thioether (sulfide) groups is 1. The van der Waals surface area contributed by atoms with Crippen molar-refractivity contribution < 1.29 is 18.3 Å². The summed E-state index contributed by atoms with van der Waals surface area (Å²) in [4.78, 5) is 20.7. The zero-order valence-electron chi connectivity index (χ0n) is 14.1. The Kier molecular flexibility index (Phi) is 5.18. The number of nitro benzene ring substituents is 2. The molecule has 1 saturated heterocycles. The average Bonchev–Trinajstić information content (AvgIpc) is 3.12. The van der Waals surface area contributed by atoms with E-state index in [1.165, 1.54) is 46.4 Å². The fourth-order valence-electron chi connectivity index (χ4n) is 2.86. The van der Waals surface area contributed by atoms with Gasteiger partial charge in [0.1, 0.15) is 0 Å². The summed E-state index contributed by atoms with van der Waals surface area (Å²) in [6, 6.07) is 9.55. The largest absolute Gasteiger partial charge is 0.270 e. The molecule has 0 radical (unpaired) electrons. The molecule has 2 aromatic carbocycles. The smallest absolute Gasteiger partial charge is 0.258 e. The number of rotatable bonds is 5. The number of benzene rings is 2. The Bertz CT molecular complexity index is 1020. The number of hydrogen-bond donors (Lipinski definition) is 0. The van der Waals surface area contributed by atoms with Crippen LogP contribution in [0.15, 0.2) is 47.4 Å². The summed E-state index contributed by atoms with van der Waals surface area (Å²) in [6.07, 6.45) is 0. The van der Waals surface area contributed by atoms with Crippen LogP contribution in [0.2, 0.25) is 0 Å². The van der Waals surface area contributed by atoms with Gasteiger partial charge in [-0.15, -0.1) is 11.8 Å². The SMILES string of the molecule is Cc1ccc([N+](=O)[O-])cc1S(=O)(=O)N1CCSC1c1cccc([N+](=O)[O-])c1. The highest BCUT2D eigenvalue weighted by molar-refractivity contribution is 8.01. The first kappa shape index (κ1) is 19.3.